The SMILES string of the molecule is CC(C)Oc1ccc(Nc2ncc(C(=O)N3CCN(C)CC3)cn2)cc1. The fraction of sp³-hybridized carbons (Fsp3) is 0.421. The molecular weight excluding hydrogens is 330 g/mol. The molecule has 0 spiro atoms. The maximum Gasteiger partial charge on any atom is 0.257 e. The number of hydrogen-bond donors (Lipinski definition) is 1. The van der Waals surface area contributed by atoms with Gasteiger partial charge in [-0.25, -0.2) is 9.97 Å². The number of nitrogens with one attached hydrogen (secondary N) is 1. The van der Waals surface area contributed by atoms with Crippen molar-refractivity contribution in [1.82, 2.24) is 19.8 Å². The molecule has 1 saturated heterocycles. The van der Waals surface area contributed by atoms with Gasteiger partial charge >= 0.3 is 0 Å². The summed E-state index contributed by atoms with van der Waals surface area (Å²) in [6.07, 6.45) is 3.29. The van der Waals surface area contributed by atoms with Crippen molar-refractivity contribution in [3.63, 3.8) is 0 Å². The van der Waals surface area contributed by atoms with Crippen LogP contribution in [0.25, 0.3) is 0 Å². The van der Waals surface area contributed by atoms with Crippen molar-refractivity contribution >= 4 is 17.5 Å². The monoisotopic (exact) mass is 355 g/mol. The fourth-order valence-corrected chi connectivity index (χ4v) is 2.71. The number of aromatic nitrogens is 2. The first-order valence-electron chi connectivity index (χ1n) is 8.85. The van der Waals surface area contributed by atoms with Gasteiger partial charge in [-0.05, 0) is 45.2 Å². The Morgan fingerprint density at radius 1 is 1.08 bits per heavy atom. The van der Waals surface area contributed by atoms with Crippen molar-refractivity contribution in [3.05, 3.63) is 42.2 Å². The Kier molecular flexibility index (Phi) is 5.68. The summed E-state index contributed by atoms with van der Waals surface area (Å²) in [6.45, 7) is 7.24. The molecule has 0 atom stereocenters. The second-order valence-corrected chi connectivity index (χ2v) is 6.71. The van der Waals surface area contributed by atoms with Gasteiger partial charge in [-0.1, -0.05) is 0 Å². The quantitative estimate of drug-likeness (QED) is 0.888. The molecule has 1 aromatic carbocycles. The number of piperazine rings is 1. The second kappa shape index (κ2) is 8.14. The molecule has 0 bridgehead atoms. The van der Waals surface area contributed by atoms with Gasteiger partial charge in [0.15, 0.2) is 0 Å². The van der Waals surface area contributed by atoms with Gasteiger partial charge in [0.1, 0.15) is 5.75 Å². The van der Waals surface area contributed by atoms with E-state index in [1.807, 2.05) is 43.0 Å². The van der Waals surface area contributed by atoms with Crippen LogP contribution in [0.2, 0.25) is 0 Å². The first-order chi connectivity index (χ1) is 12.5. The highest BCUT2D eigenvalue weighted by Crippen LogP contribution is 2.19. The highest BCUT2D eigenvalue weighted by Gasteiger charge is 2.20. The van der Waals surface area contributed by atoms with Crippen molar-refractivity contribution in [1.29, 1.82) is 0 Å². The van der Waals surface area contributed by atoms with Crippen LogP contribution in [0.5, 0.6) is 5.75 Å². The molecule has 2 aromatic rings. The number of carbonyl (C=O) groups excluding carboxylic acids is 1. The van der Waals surface area contributed by atoms with Gasteiger partial charge in [0.2, 0.25) is 5.95 Å². The average molecular weight is 355 g/mol. The zero-order valence-corrected chi connectivity index (χ0v) is 15.5. The lowest BCUT2D eigenvalue weighted by atomic mass is 10.2. The molecule has 1 aliphatic rings. The van der Waals surface area contributed by atoms with Crippen LogP contribution in [0.4, 0.5) is 11.6 Å². The minimum atomic E-state index is -0.0140. The van der Waals surface area contributed by atoms with E-state index in [1.165, 1.54) is 0 Å². The van der Waals surface area contributed by atoms with Crippen LogP contribution in [0, 0.1) is 0 Å². The first kappa shape index (κ1) is 18.1. The smallest absolute Gasteiger partial charge is 0.257 e. The van der Waals surface area contributed by atoms with E-state index in [0.29, 0.717) is 11.5 Å². The first-order valence-corrected chi connectivity index (χ1v) is 8.85. The lowest BCUT2D eigenvalue weighted by molar-refractivity contribution is 0.0663. The van der Waals surface area contributed by atoms with E-state index in [-0.39, 0.29) is 12.0 Å². The minimum absolute atomic E-state index is 0.0140. The molecule has 1 aromatic heterocycles. The standard InChI is InChI=1S/C19H25N5O2/c1-14(2)26-17-6-4-16(5-7-17)22-19-20-12-15(13-21-19)18(25)24-10-8-23(3)9-11-24/h4-7,12-14H,8-11H2,1-3H3,(H,20,21,22). The topological polar surface area (TPSA) is 70.6 Å². The average Bonchev–Trinajstić information content (AvgIpc) is 2.64. The lowest BCUT2D eigenvalue weighted by Crippen LogP contribution is -2.47. The lowest BCUT2D eigenvalue weighted by Gasteiger charge is -2.32. The Hall–Kier alpha value is -2.67. The van der Waals surface area contributed by atoms with Gasteiger partial charge in [0, 0.05) is 44.3 Å². The normalized spacial score (nSPS) is 15.2. The molecule has 0 saturated carbocycles. The summed E-state index contributed by atoms with van der Waals surface area (Å²) in [4.78, 5) is 25.1. The van der Waals surface area contributed by atoms with E-state index in [1.54, 1.807) is 12.4 Å². The molecule has 1 N–H and O–H groups in total. The van der Waals surface area contributed by atoms with E-state index < -0.39 is 0 Å². The Bertz CT molecular complexity index is 723. The van der Waals surface area contributed by atoms with Crippen molar-refractivity contribution in [2.45, 2.75) is 20.0 Å². The van der Waals surface area contributed by atoms with Gasteiger partial charge in [-0.2, -0.15) is 0 Å². The van der Waals surface area contributed by atoms with E-state index in [9.17, 15) is 4.79 Å². The summed E-state index contributed by atoms with van der Waals surface area (Å²) in [7, 11) is 2.06. The number of nitrogens with zero attached hydrogens (tertiary/aromatic N) is 4. The summed E-state index contributed by atoms with van der Waals surface area (Å²) >= 11 is 0. The van der Waals surface area contributed by atoms with Crippen LogP contribution < -0.4 is 10.1 Å². The number of ether oxygens (including phenoxy) is 1. The second-order valence-electron chi connectivity index (χ2n) is 6.71. The van der Waals surface area contributed by atoms with Crippen LogP contribution in [-0.4, -0.2) is 65.0 Å². The molecule has 1 aliphatic heterocycles. The van der Waals surface area contributed by atoms with Gasteiger partial charge in [-0.15, -0.1) is 0 Å². The van der Waals surface area contributed by atoms with Crippen molar-refractivity contribution in [2.75, 3.05) is 38.5 Å². The van der Waals surface area contributed by atoms with Gasteiger partial charge < -0.3 is 19.9 Å². The molecule has 0 unspecified atom stereocenters. The molecule has 1 amide bonds. The van der Waals surface area contributed by atoms with Crippen LogP contribution >= 0.6 is 0 Å². The maximum atomic E-state index is 12.5. The van der Waals surface area contributed by atoms with Crippen molar-refractivity contribution < 1.29 is 9.53 Å². The predicted molar refractivity (Wildman–Crippen MR) is 101 cm³/mol. The summed E-state index contributed by atoms with van der Waals surface area (Å²) in [6, 6.07) is 7.61. The Balaban J connectivity index is 1.59. The Morgan fingerprint density at radius 3 is 2.27 bits per heavy atom. The maximum absolute atomic E-state index is 12.5. The highest BCUT2D eigenvalue weighted by atomic mass is 16.5. The van der Waals surface area contributed by atoms with E-state index in [0.717, 1.165) is 37.6 Å². The van der Waals surface area contributed by atoms with Crippen LogP contribution in [0.15, 0.2) is 36.7 Å². The molecule has 0 aliphatic carbocycles. The van der Waals surface area contributed by atoms with Crippen molar-refractivity contribution in [3.8, 4) is 5.75 Å². The third kappa shape index (κ3) is 4.70. The zero-order chi connectivity index (χ0) is 18.5. The Morgan fingerprint density at radius 2 is 1.69 bits per heavy atom. The largest absolute Gasteiger partial charge is 0.491 e. The third-order valence-corrected chi connectivity index (χ3v) is 4.17. The van der Waals surface area contributed by atoms with E-state index >= 15 is 0 Å². The van der Waals surface area contributed by atoms with E-state index in [4.69, 9.17) is 4.74 Å². The molecule has 0 radical (unpaired) electrons. The van der Waals surface area contributed by atoms with E-state index in [2.05, 4.69) is 27.2 Å². The third-order valence-electron chi connectivity index (χ3n) is 4.17. The van der Waals surface area contributed by atoms with Crippen molar-refractivity contribution in [2.24, 2.45) is 0 Å². The number of hydrogen-bond acceptors (Lipinski definition) is 6. The number of amides is 1. The summed E-state index contributed by atoms with van der Waals surface area (Å²) in [5.74, 6) is 1.26. The van der Waals surface area contributed by atoms with Gasteiger partial charge in [-0.3, -0.25) is 4.79 Å². The number of anilines is 2. The summed E-state index contributed by atoms with van der Waals surface area (Å²) in [5.41, 5.74) is 1.38. The molecule has 138 valence electrons. The summed E-state index contributed by atoms with van der Waals surface area (Å²) in [5, 5.41) is 3.13. The number of likely N-dealkylation sites (N-methyl/N-ethyl adjacent to an activating group) is 1. The number of benzene rings is 1. The number of rotatable bonds is 5. The molecule has 1 fully saturated rings. The molecule has 2 heterocycles. The molecular formula is C19H25N5O2. The minimum Gasteiger partial charge on any atom is -0.491 e. The number of carbonyl (C=O) groups is 1. The predicted octanol–water partition coefficient (Wildman–Crippen LogP) is 2.40. The fourth-order valence-electron chi connectivity index (χ4n) is 2.71. The molecule has 26 heavy (non-hydrogen) atoms. The van der Waals surface area contributed by atoms with Gasteiger partial charge in [0.25, 0.3) is 5.91 Å². The zero-order valence-electron chi connectivity index (χ0n) is 15.5. The Labute approximate surface area is 154 Å². The summed E-state index contributed by atoms with van der Waals surface area (Å²) < 4.78 is 5.62. The van der Waals surface area contributed by atoms with Crippen LogP contribution in [0.1, 0.15) is 24.2 Å². The molecule has 3 rings (SSSR count). The molecule has 7 heteroatoms. The van der Waals surface area contributed by atoms with Crippen LogP contribution in [0.3, 0.4) is 0 Å². The van der Waals surface area contributed by atoms with Crippen LogP contribution in [-0.2, 0) is 0 Å². The van der Waals surface area contributed by atoms with Gasteiger partial charge in [0.05, 0.1) is 11.7 Å². The molecule has 7 nitrogen and oxygen atoms in total. The highest BCUT2D eigenvalue weighted by molar-refractivity contribution is 5.93.